The van der Waals surface area contributed by atoms with Gasteiger partial charge in [-0.15, -0.1) is 11.8 Å². The molecule has 0 atom stereocenters. The van der Waals surface area contributed by atoms with E-state index in [9.17, 15) is 14.9 Å². The number of nitrogens with zero attached hydrogens (tertiary/aromatic N) is 2. The van der Waals surface area contributed by atoms with Crippen molar-refractivity contribution in [3.63, 3.8) is 0 Å². The lowest BCUT2D eigenvalue weighted by Gasteiger charge is -2.11. The second-order valence-corrected chi connectivity index (χ2v) is 7.88. The number of non-ortho nitro benzene ring substituents is 1. The Bertz CT molecular complexity index is 1100. The van der Waals surface area contributed by atoms with Crippen molar-refractivity contribution in [1.82, 2.24) is 5.43 Å². The second-order valence-electron chi connectivity index (χ2n) is 6.89. The van der Waals surface area contributed by atoms with Gasteiger partial charge < -0.3 is 9.47 Å². The first-order chi connectivity index (χ1) is 16.0. The molecule has 1 N–H and O–H groups in total. The Kier molecular flexibility index (Phi) is 8.84. The Morgan fingerprint density at radius 1 is 1.06 bits per heavy atom. The summed E-state index contributed by atoms with van der Waals surface area (Å²) >= 11 is 1.39. The lowest BCUT2D eigenvalue weighted by Crippen LogP contribution is -2.19. The van der Waals surface area contributed by atoms with Gasteiger partial charge >= 0.3 is 0 Å². The summed E-state index contributed by atoms with van der Waals surface area (Å²) < 4.78 is 11.2. The van der Waals surface area contributed by atoms with E-state index < -0.39 is 4.92 Å². The Morgan fingerprint density at radius 2 is 1.82 bits per heavy atom. The van der Waals surface area contributed by atoms with Gasteiger partial charge in [0.25, 0.3) is 5.69 Å². The fourth-order valence-electron chi connectivity index (χ4n) is 2.81. The first-order valence-electron chi connectivity index (χ1n) is 10.0. The minimum absolute atomic E-state index is 0.0447. The Labute approximate surface area is 195 Å². The molecule has 9 heteroatoms. The summed E-state index contributed by atoms with van der Waals surface area (Å²) in [4.78, 5) is 22.2. The molecule has 0 aliphatic rings. The summed E-state index contributed by atoms with van der Waals surface area (Å²) in [6, 6.07) is 21.5. The van der Waals surface area contributed by atoms with Crippen LogP contribution in [0, 0.1) is 10.1 Å². The third-order valence-electron chi connectivity index (χ3n) is 4.48. The minimum atomic E-state index is -0.441. The van der Waals surface area contributed by atoms with Crippen LogP contribution in [0.2, 0.25) is 0 Å². The van der Waals surface area contributed by atoms with Crippen LogP contribution in [0.25, 0.3) is 0 Å². The molecule has 33 heavy (non-hydrogen) atoms. The molecular formula is C24H23N3O5S. The molecule has 0 aliphatic carbocycles. The number of thioether (sulfide) groups is 1. The first kappa shape index (κ1) is 23.8. The van der Waals surface area contributed by atoms with Gasteiger partial charge in [0.15, 0.2) is 11.5 Å². The largest absolute Gasteiger partial charge is 0.493 e. The third kappa shape index (κ3) is 7.65. The first-order valence-corrected chi connectivity index (χ1v) is 11.2. The van der Waals surface area contributed by atoms with Crippen molar-refractivity contribution in [1.29, 1.82) is 0 Å². The zero-order valence-corrected chi connectivity index (χ0v) is 18.8. The molecule has 0 radical (unpaired) electrons. The van der Waals surface area contributed by atoms with Crippen LogP contribution in [0.3, 0.4) is 0 Å². The maximum atomic E-state index is 12.0. The molecule has 170 valence electrons. The topological polar surface area (TPSA) is 103 Å². The van der Waals surface area contributed by atoms with Gasteiger partial charge in [-0.25, -0.2) is 5.43 Å². The molecule has 0 bridgehead atoms. The lowest BCUT2D eigenvalue weighted by molar-refractivity contribution is -0.384. The summed E-state index contributed by atoms with van der Waals surface area (Å²) in [5, 5.41) is 14.7. The van der Waals surface area contributed by atoms with Crippen LogP contribution in [-0.4, -0.2) is 29.9 Å². The summed E-state index contributed by atoms with van der Waals surface area (Å²) in [6.45, 7) is 0.429. The number of carbonyl (C=O) groups is 1. The van der Waals surface area contributed by atoms with Gasteiger partial charge in [-0.3, -0.25) is 14.9 Å². The van der Waals surface area contributed by atoms with Gasteiger partial charge in [-0.2, -0.15) is 5.10 Å². The van der Waals surface area contributed by atoms with Crippen molar-refractivity contribution in [3.05, 3.63) is 99.6 Å². The summed E-state index contributed by atoms with van der Waals surface area (Å²) in [5.41, 5.74) is 5.24. The number of methoxy groups -OCH3 is 1. The minimum Gasteiger partial charge on any atom is -0.493 e. The van der Waals surface area contributed by atoms with Crippen LogP contribution < -0.4 is 14.9 Å². The summed E-state index contributed by atoms with van der Waals surface area (Å²) in [6.07, 6.45) is 1.53. The fourth-order valence-corrected chi connectivity index (χ4v) is 3.59. The second kappa shape index (κ2) is 12.3. The Hall–Kier alpha value is -3.85. The Balaban J connectivity index is 1.44. The predicted molar refractivity (Wildman–Crippen MR) is 129 cm³/mol. The van der Waals surface area contributed by atoms with E-state index in [2.05, 4.69) is 10.5 Å². The number of nitro groups is 1. The normalized spacial score (nSPS) is 10.7. The highest BCUT2D eigenvalue weighted by atomic mass is 32.2. The molecule has 3 aromatic rings. The van der Waals surface area contributed by atoms with E-state index in [1.54, 1.807) is 31.4 Å². The molecule has 0 unspecified atom stereocenters. The number of hydrogen-bond acceptors (Lipinski definition) is 7. The molecular weight excluding hydrogens is 442 g/mol. The number of nitrogens with one attached hydrogen (secondary N) is 1. The number of nitro benzene ring substituents is 1. The maximum Gasteiger partial charge on any atom is 0.269 e. The molecule has 0 fully saturated rings. The van der Waals surface area contributed by atoms with E-state index in [1.165, 1.54) is 30.1 Å². The molecule has 0 aromatic heterocycles. The number of ether oxygens (including phenoxy) is 2. The Morgan fingerprint density at radius 3 is 2.52 bits per heavy atom. The maximum absolute atomic E-state index is 12.0. The van der Waals surface area contributed by atoms with Gasteiger partial charge in [0.1, 0.15) is 6.61 Å². The van der Waals surface area contributed by atoms with Crippen molar-refractivity contribution in [2.45, 2.75) is 12.4 Å². The highest BCUT2D eigenvalue weighted by molar-refractivity contribution is 7.99. The average Bonchev–Trinajstić information content (AvgIpc) is 2.84. The van der Waals surface area contributed by atoms with E-state index in [1.807, 2.05) is 36.4 Å². The zero-order chi connectivity index (χ0) is 23.5. The van der Waals surface area contributed by atoms with E-state index in [4.69, 9.17) is 9.47 Å². The van der Waals surface area contributed by atoms with Crippen LogP contribution in [0.4, 0.5) is 5.69 Å². The average molecular weight is 466 g/mol. The number of amides is 1. The van der Waals surface area contributed by atoms with Crippen molar-refractivity contribution in [3.8, 4) is 11.5 Å². The number of hydrazone groups is 1. The summed E-state index contributed by atoms with van der Waals surface area (Å²) in [5.74, 6) is 1.72. The molecule has 0 saturated carbocycles. The number of benzene rings is 3. The van der Waals surface area contributed by atoms with E-state index >= 15 is 0 Å². The number of rotatable bonds is 11. The van der Waals surface area contributed by atoms with Crippen LogP contribution in [0.1, 0.15) is 16.7 Å². The molecule has 3 rings (SSSR count). The van der Waals surface area contributed by atoms with Crippen LogP contribution in [0.5, 0.6) is 11.5 Å². The quantitative estimate of drug-likeness (QED) is 0.253. The standard InChI is InChI=1S/C24H23N3O5S/c1-31-23-13-20(9-12-22(23)32-15-18-5-3-2-4-6-18)14-25-26-24(28)17-33-16-19-7-10-21(11-8-19)27(29)30/h2-14H,15-17H2,1H3,(H,26,28). The van der Waals surface area contributed by atoms with Gasteiger partial charge in [-0.05, 0) is 34.9 Å². The third-order valence-corrected chi connectivity index (χ3v) is 5.48. The van der Waals surface area contributed by atoms with Crippen molar-refractivity contribution < 1.29 is 19.2 Å². The fraction of sp³-hybridized carbons (Fsp3) is 0.167. The van der Waals surface area contributed by atoms with Gasteiger partial charge in [0.05, 0.1) is 24.0 Å². The highest BCUT2D eigenvalue weighted by Crippen LogP contribution is 2.28. The summed E-state index contributed by atoms with van der Waals surface area (Å²) in [7, 11) is 1.57. The van der Waals surface area contributed by atoms with Crippen LogP contribution in [0.15, 0.2) is 77.9 Å². The molecule has 0 aliphatic heterocycles. The van der Waals surface area contributed by atoms with Crippen molar-refractivity contribution in [2.75, 3.05) is 12.9 Å². The van der Waals surface area contributed by atoms with E-state index in [0.29, 0.717) is 23.9 Å². The van der Waals surface area contributed by atoms with E-state index in [0.717, 1.165) is 16.7 Å². The molecule has 8 nitrogen and oxygen atoms in total. The molecule has 0 heterocycles. The van der Waals surface area contributed by atoms with Crippen LogP contribution in [-0.2, 0) is 17.2 Å². The van der Waals surface area contributed by atoms with Gasteiger partial charge in [0.2, 0.25) is 5.91 Å². The molecule has 0 spiro atoms. The van der Waals surface area contributed by atoms with Crippen molar-refractivity contribution in [2.24, 2.45) is 5.10 Å². The smallest absolute Gasteiger partial charge is 0.269 e. The number of carbonyl (C=O) groups excluding carboxylic acids is 1. The number of hydrogen-bond donors (Lipinski definition) is 1. The lowest BCUT2D eigenvalue weighted by atomic mass is 10.2. The van der Waals surface area contributed by atoms with Gasteiger partial charge in [0, 0.05) is 17.9 Å². The monoisotopic (exact) mass is 465 g/mol. The molecule has 3 aromatic carbocycles. The van der Waals surface area contributed by atoms with Gasteiger partial charge in [-0.1, -0.05) is 42.5 Å². The molecule has 1 amide bonds. The SMILES string of the molecule is COc1cc(C=NNC(=O)CSCc2ccc([N+](=O)[O-])cc2)ccc1OCc1ccccc1. The zero-order valence-electron chi connectivity index (χ0n) is 18.0. The predicted octanol–water partition coefficient (Wildman–Crippen LogP) is 4.57. The van der Waals surface area contributed by atoms with Crippen molar-refractivity contribution >= 4 is 29.6 Å². The van der Waals surface area contributed by atoms with E-state index in [-0.39, 0.29) is 17.3 Å². The molecule has 0 saturated heterocycles. The van der Waals surface area contributed by atoms with Crippen LogP contribution >= 0.6 is 11.8 Å². The highest BCUT2D eigenvalue weighted by Gasteiger charge is 2.07.